The highest BCUT2D eigenvalue weighted by molar-refractivity contribution is 4.73. The molecule has 0 radical (unpaired) electrons. The number of hydrogen-bond donors (Lipinski definition) is 0. The minimum atomic E-state index is 0.758. The van der Waals surface area contributed by atoms with E-state index in [2.05, 4.69) is 37.7 Å². The Balaban J connectivity index is 2.46. The van der Waals surface area contributed by atoms with Gasteiger partial charge in [0.2, 0.25) is 0 Å². The Kier molecular flexibility index (Phi) is 3.53. The van der Waals surface area contributed by atoms with Gasteiger partial charge in [0, 0.05) is 25.7 Å². The van der Waals surface area contributed by atoms with Crippen LogP contribution < -0.4 is 0 Å². The topological polar surface area (TPSA) is 6.48 Å². The molecule has 2 heteroatoms. The van der Waals surface area contributed by atoms with E-state index >= 15 is 0 Å². The van der Waals surface area contributed by atoms with Crippen molar-refractivity contribution in [3.8, 4) is 0 Å². The minimum Gasteiger partial charge on any atom is -0.305 e. The number of rotatable bonds is 0. The van der Waals surface area contributed by atoms with Gasteiger partial charge in [-0.25, -0.2) is 0 Å². The molecule has 0 amide bonds. The number of hydrogen-bond acceptors (Lipinski definition) is 2. The molecule has 0 aromatic rings. The van der Waals surface area contributed by atoms with Crippen LogP contribution >= 0.6 is 0 Å². The molecule has 0 N–H and O–H groups in total. The van der Waals surface area contributed by atoms with Gasteiger partial charge in [-0.2, -0.15) is 0 Å². The van der Waals surface area contributed by atoms with E-state index < -0.39 is 0 Å². The molecule has 0 aliphatic carbocycles. The third kappa shape index (κ3) is 2.76. The summed E-state index contributed by atoms with van der Waals surface area (Å²) in [5, 5.41) is 0. The summed E-state index contributed by atoms with van der Waals surface area (Å²) >= 11 is 0. The highest BCUT2D eigenvalue weighted by Gasteiger charge is 2.17. The van der Waals surface area contributed by atoms with Crippen LogP contribution in [-0.4, -0.2) is 49.6 Å². The Morgan fingerprint density at radius 2 is 1.75 bits per heavy atom. The van der Waals surface area contributed by atoms with Gasteiger partial charge in [0.1, 0.15) is 0 Å². The van der Waals surface area contributed by atoms with E-state index in [-0.39, 0.29) is 0 Å². The van der Waals surface area contributed by atoms with Gasteiger partial charge in [0.15, 0.2) is 0 Å². The van der Waals surface area contributed by atoms with Crippen LogP contribution in [0, 0.1) is 5.92 Å². The fourth-order valence-corrected chi connectivity index (χ4v) is 2.01. The average Bonchev–Trinajstić information content (AvgIpc) is 1.98. The summed E-state index contributed by atoms with van der Waals surface area (Å²) < 4.78 is 0. The third-order valence-corrected chi connectivity index (χ3v) is 2.95. The largest absolute Gasteiger partial charge is 0.305 e. The van der Waals surface area contributed by atoms with Crippen LogP contribution in [0.25, 0.3) is 0 Å². The second-order valence-electron chi connectivity index (χ2n) is 4.43. The van der Waals surface area contributed by atoms with Crippen molar-refractivity contribution in [3.63, 3.8) is 0 Å². The van der Waals surface area contributed by atoms with E-state index in [1.807, 2.05) is 0 Å². The third-order valence-electron chi connectivity index (χ3n) is 2.95. The SMILES string of the molecule is CC1CC(C)N(C)CCN(C)C1. The molecule has 12 heavy (non-hydrogen) atoms. The Bertz CT molecular complexity index is 136. The molecule has 1 fully saturated rings. The van der Waals surface area contributed by atoms with Crippen molar-refractivity contribution >= 4 is 0 Å². The highest BCUT2D eigenvalue weighted by Crippen LogP contribution is 2.13. The van der Waals surface area contributed by atoms with Crippen molar-refractivity contribution < 1.29 is 0 Å². The quantitative estimate of drug-likeness (QED) is 0.540. The van der Waals surface area contributed by atoms with E-state index in [9.17, 15) is 0 Å². The highest BCUT2D eigenvalue weighted by atomic mass is 15.2. The van der Waals surface area contributed by atoms with Crippen molar-refractivity contribution in [1.82, 2.24) is 9.80 Å². The van der Waals surface area contributed by atoms with E-state index in [1.54, 1.807) is 0 Å². The zero-order valence-corrected chi connectivity index (χ0v) is 8.88. The van der Waals surface area contributed by atoms with Crippen LogP contribution in [0.2, 0.25) is 0 Å². The predicted molar refractivity (Wildman–Crippen MR) is 53.4 cm³/mol. The molecule has 0 spiro atoms. The fraction of sp³-hybridized carbons (Fsp3) is 1.00. The second kappa shape index (κ2) is 4.24. The summed E-state index contributed by atoms with van der Waals surface area (Å²) in [6, 6.07) is 0.758. The van der Waals surface area contributed by atoms with Gasteiger partial charge >= 0.3 is 0 Å². The molecular formula is C10H22N2. The Morgan fingerprint density at radius 3 is 2.42 bits per heavy atom. The van der Waals surface area contributed by atoms with Crippen molar-refractivity contribution in [2.75, 3.05) is 33.7 Å². The first-order valence-electron chi connectivity index (χ1n) is 4.98. The van der Waals surface area contributed by atoms with Crippen molar-refractivity contribution in [1.29, 1.82) is 0 Å². The van der Waals surface area contributed by atoms with E-state index in [1.165, 1.54) is 26.1 Å². The molecule has 0 aromatic heterocycles. The molecular weight excluding hydrogens is 148 g/mol. The predicted octanol–water partition coefficient (Wildman–Crippen LogP) is 1.28. The molecule has 2 unspecified atom stereocenters. The first-order valence-corrected chi connectivity index (χ1v) is 4.98. The number of nitrogens with zero attached hydrogens (tertiary/aromatic N) is 2. The van der Waals surface area contributed by atoms with Crippen molar-refractivity contribution in [2.45, 2.75) is 26.3 Å². The van der Waals surface area contributed by atoms with Gasteiger partial charge in [-0.15, -0.1) is 0 Å². The molecule has 72 valence electrons. The summed E-state index contributed by atoms with van der Waals surface area (Å²) in [5.41, 5.74) is 0. The monoisotopic (exact) mass is 170 g/mol. The smallest absolute Gasteiger partial charge is 0.0109 e. The van der Waals surface area contributed by atoms with Crippen LogP contribution in [-0.2, 0) is 0 Å². The molecule has 1 aliphatic rings. The summed E-state index contributed by atoms with van der Waals surface area (Å²) in [4.78, 5) is 4.90. The van der Waals surface area contributed by atoms with Crippen LogP contribution in [0.5, 0.6) is 0 Å². The molecule has 2 atom stereocenters. The zero-order valence-electron chi connectivity index (χ0n) is 8.88. The van der Waals surface area contributed by atoms with E-state index in [0.29, 0.717) is 0 Å². The summed E-state index contributed by atoms with van der Waals surface area (Å²) in [6.07, 6.45) is 1.33. The van der Waals surface area contributed by atoms with Crippen molar-refractivity contribution in [2.24, 2.45) is 5.92 Å². The molecule has 1 saturated heterocycles. The lowest BCUT2D eigenvalue weighted by atomic mass is 10.0. The summed E-state index contributed by atoms with van der Waals surface area (Å²) in [5.74, 6) is 0.841. The van der Waals surface area contributed by atoms with E-state index in [0.717, 1.165) is 12.0 Å². The van der Waals surface area contributed by atoms with Crippen LogP contribution in [0.4, 0.5) is 0 Å². The van der Waals surface area contributed by atoms with Gasteiger partial charge < -0.3 is 9.80 Å². The first-order chi connectivity index (χ1) is 5.59. The van der Waals surface area contributed by atoms with Crippen LogP contribution in [0.1, 0.15) is 20.3 Å². The summed E-state index contributed by atoms with van der Waals surface area (Å²) in [6.45, 7) is 8.38. The van der Waals surface area contributed by atoms with Gasteiger partial charge in [-0.05, 0) is 33.4 Å². The van der Waals surface area contributed by atoms with Gasteiger partial charge in [-0.1, -0.05) is 6.92 Å². The normalized spacial score (nSPS) is 36.0. The van der Waals surface area contributed by atoms with Crippen LogP contribution in [0.15, 0.2) is 0 Å². The van der Waals surface area contributed by atoms with Gasteiger partial charge in [0.05, 0.1) is 0 Å². The molecule has 0 saturated carbocycles. The summed E-state index contributed by atoms with van der Waals surface area (Å²) in [7, 11) is 4.46. The van der Waals surface area contributed by atoms with Crippen molar-refractivity contribution in [3.05, 3.63) is 0 Å². The first kappa shape index (κ1) is 10.0. The molecule has 2 nitrogen and oxygen atoms in total. The standard InChI is InChI=1S/C10H22N2/c1-9-7-10(2)12(4)6-5-11(3)8-9/h9-10H,5-8H2,1-4H3. The maximum Gasteiger partial charge on any atom is 0.0109 e. The van der Waals surface area contributed by atoms with E-state index in [4.69, 9.17) is 0 Å². The molecule has 0 bridgehead atoms. The fourth-order valence-electron chi connectivity index (χ4n) is 2.01. The second-order valence-corrected chi connectivity index (χ2v) is 4.43. The Hall–Kier alpha value is -0.0800. The molecule has 1 rings (SSSR count). The van der Waals surface area contributed by atoms with Gasteiger partial charge in [-0.3, -0.25) is 0 Å². The average molecular weight is 170 g/mol. The zero-order chi connectivity index (χ0) is 9.14. The molecule has 1 aliphatic heterocycles. The maximum absolute atomic E-state index is 2.46. The lowest BCUT2D eigenvalue weighted by molar-refractivity contribution is 0.145. The maximum atomic E-state index is 2.46. The number of likely N-dealkylation sites (N-methyl/N-ethyl adjacent to an activating group) is 2. The molecule has 1 heterocycles. The minimum absolute atomic E-state index is 0.758. The molecule has 0 aromatic carbocycles. The van der Waals surface area contributed by atoms with Gasteiger partial charge in [0.25, 0.3) is 0 Å². The Morgan fingerprint density at radius 1 is 1.08 bits per heavy atom. The lowest BCUT2D eigenvalue weighted by Crippen LogP contribution is -2.42. The van der Waals surface area contributed by atoms with Crippen LogP contribution in [0.3, 0.4) is 0 Å². The Labute approximate surface area is 76.5 Å². The lowest BCUT2D eigenvalue weighted by Gasteiger charge is -2.33.